The summed E-state index contributed by atoms with van der Waals surface area (Å²) in [6, 6.07) is 6.52. The molecule has 0 saturated carbocycles. The summed E-state index contributed by atoms with van der Waals surface area (Å²) < 4.78 is 13.1. The van der Waals surface area contributed by atoms with Gasteiger partial charge in [-0.3, -0.25) is 0 Å². The van der Waals surface area contributed by atoms with Crippen molar-refractivity contribution in [2.45, 2.75) is 23.9 Å². The van der Waals surface area contributed by atoms with E-state index in [0.717, 1.165) is 19.5 Å². The maximum absolute atomic E-state index is 13.1. The lowest BCUT2D eigenvalue weighted by Gasteiger charge is -2.13. The van der Waals surface area contributed by atoms with Crippen LogP contribution in [0.5, 0.6) is 0 Å². The van der Waals surface area contributed by atoms with Gasteiger partial charge >= 0.3 is 0 Å². The fourth-order valence-electron chi connectivity index (χ4n) is 2.76. The molecule has 1 atom stereocenters. The van der Waals surface area contributed by atoms with Crippen LogP contribution < -0.4 is 0 Å². The van der Waals surface area contributed by atoms with Crippen molar-refractivity contribution >= 4 is 22.7 Å². The van der Waals surface area contributed by atoms with Crippen LogP contribution in [0, 0.1) is 0 Å². The Labute approximate surface area is 117 Å². The van der Waals surface area contributed by atoms with Crippen molar-refractivity contribution in [2.24, 2.45) is 0 Å². The molecule has 0 bridgehead atoms. The van der Waals surface area contributed by atoms with Gasteiger partial charge in [-0.25, -0.2) is 4.39 Å². The smallest absolute Gasteiger partial charge is 0.114 e. The first-order chi connectivity index (χ1) is 9.26. The van der Waals surface area contributed by atoms with Gasteiger partial charge in [0.05, 0.1) is 0 Å². The molecule has 0 amide bonds. The number of halogens is 1. The Balaban J connectivity index is 1.73. The topological polar surface area (TPSA) is 19.0 Å². The summed E-state index contributed by atoms with van der Waals surface area (Å²) in [6.45, 7) is 2.47. The number of H-pyrrole nitrogens is 1. The average Bonchev–Trinajstić information content (AvgIpc) is 3.02. The minimum absolute atomic E-state index is 0.610. The molecule has 3 rings (SSSR count). The van der Waals surface area contributed by atoms with Gasteiger partial charge in [-0.2, -0.15) is 0 Å². The number of aromatic nitrogens is 1. The van der Waals surface area contributed by atoms with E-state index in [1.165, 1.54) is 21.4 Å². The number of hydrogen-bond donors (Lipinski definition) is 1. The predicted octanol–water partition coefficient (Wildman–Crippen LogP) is 3.48. The molecule has 1 fully saturated rings. The van der Waals surface area contributed by atoms with Crippen molar-refractivity contribution in [3.8, 4) is 0 Å². The maximum atomic E-state index is 13.1. The largest absolute Gasteiger partial charge is 0.361 e. The molecule has 4 heteroatoms. The van der Waals surface area contributed by atoms with Crippen molar-refractivity contribution in [3.05, 3.63) is 30.0 Å². The molecule has 1 N–H and O–H groups in total. The van der Waals surface area contributed by atoms with Gasteiger partial charge in [-0.1, -0.05) is 0 Å². The molecule has 102 valence electrons. The second-order valence-electron chi connectivity index (χ2n) is 5.16. The van der Waals surface area contributed by atoms with Gasteiger partial charge in [0.2, 0.25) is 0 Å². The number of aromatic amines is 1. The van der Waals surface area contributed by atoms with Gasteiger partial charge in [0.15, 0.2) is 0 Å². The highest BCUT2D eigenvalue weighted by Crippen LogP contribution is 2.25. The van der Waals surface area contributed by atoms with Gasteiger partial charge in [0.1, 0.15) is 6.17 Å². The number of likely N-dealkylation sites (tertiary alicyclic amines) is 1. The Morgan fingerprint density at radius 2 is 2.37 bits per heavy atom. The zero-order valence-corrected chi connectivity index (χ0v) is 12.0. The molecule has 2 heterocycles. The van der Waals surface area contributed by atoms with Crippen LogP contribution in [-0.4, -0.2) is 41.9 Å². The van der Waals surface area contributed by atoms with Gasteiger partial charge in [-0.05, 0) is 42.9 Å². The maximum Gasteiger partial charge on any atom is 0.114 e. The lowest BCUT2D eigenvalue weighted by Crippen LogP contribution is -2.23. The van der Waals surface area contributed by atoms with E-state index in [1.54, 1.807) is 11.8 Å². The Hall–Kier alpha value is -1.00. The summed E-state index contributed by atoms with van der Waals surface area (Å²) in [7, 11) is 0. The number of rotatable bonds is 4. The highest BCUT2D eigenvalue weighted by Gasteiger charge is 2.21. The minimum atomic E-state index is -0.619. The number of hydrogen-bond acceptors (Lipinski definition) is 2. The van der Waals surface area contributed by atoms with Crippen LogP contribution in [0.2, 0.25) is 0 Å². The first-order valence-corrected chi connectivity index (χ1v) is 7.99. The molecular weight excluding hydrogens is 259 g/mol. The van der Waals surface area contributed by atoms with Gasteiger partial charge in [-0.15, -0.1) is 11.8 Å². The van der Waals surface area contributed by atoms with Crippen molar-refractivity contribution in [2.75, 3.05) is 25.9 Å². The molecule has 2 nitrogen and oxygen atoms in total. The first-order valence-electron chi connectivity index (χ1n) is 6.76. The molecule has 1 aliphatic rings. The summed E-state index contributed by atoms with van der Waals surface area (Å²) in [6.07, 6.45) is 5.26. The lowest BCUT2D eigenvalue weighted by molar-refractivity contribution is 0.290. The summed E-state index contributed by atoms with van der Waals surface area (Å²) in [5.41, 5.74) is 2.53. The standard InChI is InChI=1S/C15H19FN2S/c1-19-13-2-3-15-14(8-13)11(9-17-15)4-6-18-7-5-12(16)10-18/h2-3,8-9,12,17H,4-7,10H2,1H3/t12-/m1/s1. The average molecular weight is 278 g/mol. The summed E-state index contributed by atoms with van der Waals surface area (Å²) >= 11 is 1.77. The summed E-state index contributed by atoms with van der Waals surface area (Å²) in [5.74, 6) is 0. The third-order valence-corrected chi connectivity index (χ3v) is 4.61. The van der Waals surface area contributed by atoms with E-state index in [2.05, 4.69) is 40.5 Å². The third-order valence-electron chi connectivity index (χ3n) is 3.89. The quantitative estimate of drug-likeness (QED) is 0.864. The van der Waals surface area contributed by atoms with E-state index in [-0.39, 0.29) is 0 Å². The van der Waals surface area contributed by atoms with E-state index in [1.807, 2.05) is 0 Å². The summed E-state index contributed by atoms with van der Waals surface area (Å²) in [4.78, 5) is 6.84. The van der Waals surface area contributed by atoms with Crippen molar-refractivity contribution < 1.29 is 4.39 Å². The number of nitrogens with zero attached hydrogens (tertiary/aromatic N) is 1. The molecule has 2 aromatic rings. The van der Waals surface area contributed by atoms with Crippen molar-refractivity contribution in [3.63, 3.8) is 0 Å². The monoisotopic (exact) mass is 278 g/mol. The Morgan fingerprint density at radius 3 is 3.11 bits per heavy atom. The second-order valence-corrected chi connectivity index (χ2v) is 6.04. The number of thioether (sulfide) groups is 1. The molecule has 1 saturated heterocycles. The van der Waals surface area contributed by atoms with E-state index < -0.39 is 6.17 Å². The van der Waals surface area contributed by atoms with E-state index >= 15 is 0 Å². The minimum Gasteiger partial charge on any atom is -0.361 e. The Kier molecular flexibility index (Phi) is 3.80. The van der Waals surface area contributed by atoms with Crippen molar-refractivity contribution in [1.82, 2.24) is 9.88 Å². The molecule has 1 aromatic carbocycles. The fourth-order valence-corrected chi connectivity index (χ4v) is 3.20. The normalized spacial score (nSPS) is 20.4. The SMILES string of the molecule is CSc1ccc2[nH]cc(CCN3CC[C@@H](F)C3)c2c1. The molecule has 0 radical (unpaired) electrons. The fraction of sp³-hybridized carbons (Fsp3) is 0.467. The van der Waals surface area contributed by atoms with Gasteiger partial charge in [0, 0.05) is 41.6 Å². The molecule has 19 heavy (non-hydrogen) atoms. The molecule has 1 aliphatic heterocycles. The van der Waals surface area contributed by atoms with Crippen LogP contribution in [0.3, 0.4) is 0 Å². The molecular formula is C15H19FN2S. The van der Waals surface area contributed by atoms with Crippen LogP contribution in [0.1, 0.15) is 12.0 Å². The van der Waals surface area contributed by atoms with E-state index in [9.17, 15) is 4.39 Å². The number of alkyl halides is 1. The van der Waals surface area contributed by atoms with Crippen LogP contribution in [-0.2, 0) is 6.42 Å². The Morgan fingerprint density at radius 1 is 1.47 bits per heavy atom. The van der Waals surface area contributed by atoms with Gasteiger partial charge in [0.25, 0.3) is 0 Å². The third kappa shape index (κ3) is 2.79. The zero-order chi connectivity index (χ0) is 13.2. The van der Waals surface area contributed by atoms with Crippen LogP contribution in [0.4, 0.5) is 4.39 Å². The predicted molar refractivity (Wildman–Crippen MR) is 79.7 cm³/mol. The Bertz CT molecular complexity index is 566. The van der Waals surface area contributed by atoms with E-state index in [0.29, 0.717) is 13.0 Å². The lowest BCUT2D eigenvalue weighted by atomic mass is 10.1. The molecule has 1 aromatic heterocycles. The number of benzene rings is 1. The molecule has 0 aliphatic carbocycles. The van der Waals surface area contributed by atoms with Crippen LogP contribution >= 0.6 is 11.8 Å². The van der Waals surface area contributed by atoms with Crippen LogP contribution in [0.15, 0.2) is 29.3 Å². The van der Waals surface area contributed by atoms with E-state index in [4.69, 9.17) is 0 Å². The molecule has 0 unspecified atom stereocenters. The number of fused-ring (bicyclic) bond motifs is 1. The highest BCUT2D eigenvalue weighted by atomic mass is 32.2. The second kappa shape index (κ2) is 5.55. The first kappa shape index (κ1) is 13.0. The van der Waals surface area contributed by atoms with Gasteiger partial charge < -0.3 is 9.88 Å². The highest BCUT2D eigenvalue weighted by molar-refractivity contribution is 7.98. The molecule has 0 spiro atoms. The van der Waals surface area contributed by atoms with Crippen molar-refractivity contribution in [1.29, 1.82) is 0 Å². The number of nitrogens with one attached hydrogen (secondary N) is 1. The van der Waals surface area contributed by atoms with Crippen LogP contribution in [0.25, 0.3) is 10.9 Å². The summed E-state index contributed by atoms with van der Waals surface area (Å²) in [5, 5.41) is 1.31. The zero-order valence-electron chi connectivity index (χ0n) is 11.2.